The molecule has 0 unspecified atom stereocenters. The molecule has 1 aromatic heterocycles. The first-order chi connectivity index (χ1) is 11.9. The Bertz CT molecular complexity index is 779. The molecule has 0 spiro atoms. The van der Waals surface area contributed by atoms with Crippen LogP contribution in [0.1, 0.15) is 41.9 Å². The maximum absolute atomic E-state index is 13.2. The number of rotatable bonds is 8. The van der Waals surface area contributed by atoms with E-state index in [-0.39, 0.29) is 23.0 Å². The minimum Gasteiger partial charge on any atom is -0.481 e. The number of carboxylic acids is 1. The van der Waals surface area contributed by atoms with E-state index in [9.17, 15) is 14.0 Å². The van der Waals surface area contributed by atoms with Gasteiger partial charge in [-0.15, -0.1) is 5.10 Å². The Labute approximate surface area is 148 Å². The second-order valence-electron chi connectivity index (χ2n) is 5.49. The molecule has 0 fully saturated rings. The van der Waals surface area contributed by atoms with Crippen LogP contribution in [0.3, 0.4) is 0 Å². The van der Waals surface area contributed by atoms with Crippen LogP contribution in [0.2, 0.25) is 5.02 Å². The van der Waals surface area contributed by atoms with E-state index in [1.54, 1.807) is 6.92 Å². The van der Waals surface area contributed by atoms with E-state index in [4.69, 9.17) is 16.7 Å². The molecule has 9 heteroatoms. The SMILES string of the molecule is Cc1c(C(=O)NCCCCCC(=O)O)nnn1-c1ccc(F)c(Cl)c1. The number of halogens is 2. The number of carboxylic acid groups (broad SMARTS) is 1. The average molecular weight is 369 g/mol. The molecule has 2 aromatic rings. The molecule has 0 saturated heterocycles. The fourth-order valence-electron chi connectivity index (χ4n) is 2.26. The molecule has 0 saturated carbocycles. The van der Waals surface area contributed by atoms with E-state index < -0.39 is 11.8 Å². The molecule has 1 amide bonds. The van der Waals surface area contributed by atoms with Gasteiger partial charge < -0.3 is 10.4 Å². The number of carbonyl (C=O) groups is 2. The molecule has 0 radical (unpaired) electrons. The molecule has 0 aliphatic carbocycles. The number of nitrogens with one attached hydrogen (secondary N) is 1. The lowest BCUT2D eigenvalue weighted by Crippen LogP contribution is -2.25. The number of benzene rings is 1. The Morgan fingerprint density at radius 3 is 2.76 bits per heavy atom. The van der Waals surface area contributed by atoms with Crippen LogP contribution in [0.5, 0.6) is 0 Å². The highest BCUT2D eigenvalue weighted by Gasteiger charge is 2.17. The van der Waals surface area contributed by atoms with Gasteiger partial charge in [0.05, 0.1) is 16.4 Å². The first-order valence-corrected chi connectivity index (χ1v) is 8.15. The molecule has 1 heterocycles. The van der Waals surface area contributed by atoms with Crippen molar-refractivity contribution in [3.05, 3.63) is 40.4 Å². The smallest absolute Gasteiger partial charge is 0.303 e. The van der Waals surface area contributed by atoms with E-state index >= 15 is 0 Å². The number of aliphatic carboxylic acids is 1. The van der Waals surface area contributed by atoms with E-state index in [2.05, 4.69) is 15.6 Å². The third kappa shape index (κ3) is 4.99. The molecule has 1 aromatic carbocycles. The zero-order valence-corrected chi connectivity index (χ0v) is 14.4. The summed E-state index contributed by atoms with van der Waals surface area (Å²) >= 11 is 5.76. The fourth-order valence-corrected chi connectivity index (χ4v) is 2.44. The Morgan fingerprint density at radius 2 is 2.08 bits per heavy atom. The third-order valence-electron chi connectivity index (χ3n) is 3.61. The van der Waals surface area contributed by atoms with Gasteiger partial charge in [-0.3, -0.25) is 9.59 Å². The zero-order chi connectivity index (χ0) is 18.4. The molecule has 0 aliphatic rings. The second-order valence-corrected chi connectivity index (χ2v) is 5.90. The first-order valence-electron chi connectivity index (χ1n) is 7.78. The molecule has 0 aliphatic heterocycles. The Balaban J connectivity index is 1.94. The van der Waals surface area contributed by atoms with Gasteiger partial charge in [-0.25, -0.2) is 9.07 Å². The third-order valence-corrected chi connectivity index (χ3v) is 3.90. The molecule has 134 valence electrons. The van der Waals surface area contributed by atoms with Crippen molar-refractivity contribution in [2.75, 3.05) is 6.54 Å². The summed E-state index contributed by atoms with van der Waals surface area (Å²) in [6.07, 6.45) is 2.10. The average Bonchev–Trinajstić information content (AvgIpc) is 2.94. The normalized spacial score (nSPS) is 10.7. The number of hydrogen-bond donors (Lipinski definition) is 2. The summed E-state index contributed by atoms with van der Waals surface area (Å²) in [5, 5.41) is 19.0. The van der Waals surface area contributed by atoms with Gasteiger partial charge in [0.1, 0.15) is 5.82 Å². The van der Waals surface area contributed by atoms with Crippen LogP contribution in [0, 0.1) is 12.7 Å². The molecule has 25 heavy (non-hydrogen) atoms. The summed E-state index contributed by atoms with van der Waals surface area (Å²) < 4.78 is 14.7. The van der Waals surface area contributed by atoms with Crippen LogP contribution >= 0.6 is 11.6 Å². The summed E-state index contributed by atoms with van der Waals surface area (Å²) in [4.78, 5) is 22.6. The van der Waals surface area contributed by atoms with E-state index in [1.807, 2.05) is 0 Å². The van der Waals surface area contributed by atoms with Gasteiger partial charge in [0, 0.05) is 13.0 Å². The summed E-state index contributed by atoms with van der Waals surface area (Å²) in [6, 6.07) is 4.12. The molecule has 7 nitrogen and oxygen atoms in total. The van der Waals surface area contributed by atoms with Gasteiger partial charge in [-0.1, -0.05) is 23.2 Å². The standard InChI is InChI=1S/C16H18ClFN4O3/c1-10-15(16(25)19-8-4-2-3-5-14(23)24)20-21-22(10)11-6-7-13(18)12(17)9-11/h6-7,9H,2-5,8H2,1H3,(H,19,25)(H,23,24). The number of nitrogens with zero attached hydrogens (tertiary/aromatic N) is 3. The summed E-state index contributed by atoms with van der Waals surface area (Å²) in [5.41, 5.74) is 1.18. The second kappa shape index (κ2) is 8.57. The van der Waals surface area contributed by atoms with Crippen molar-refractivity contribution in [2.45, 2.75) is 32.6 Å². The number of aromatic nitrogens is 3. The highest BCUT2D eigenvalue weighted by atomic mass is 35.5. The molecule has 2 N–H and O–H groups in total. The summed E-state index contributed by atoms with van der Waals surface area (Å²) in [6.45, 7) is 2.10. The van der Waals surface area contributed by atoms with Crippen molar-refractivity contribution >= 4 is 23.5 Å². The van der Waals surface area contributed by atoms with Crippen LogP contribution < -0.4 is 5.32 Å². The molecule has 2 rings (SSSR count). The van der Waals surface area contributed by atoms with Crippen LogP contribution in [-0.4, -0.2) is 38.5 Å². The Morgan fingerprint density at radius 1 is 1.32 bits per heavy atom. The fraction of sp³-hybridized carbons (Fsp3) is 0.375. The maximum Gasteiger partial charge on any atom is 0.303 e. The van der Waals surface area contributed by atoms with Crippen LogP contribution in [0.15, 0.2) is 18.2 Å². The summed E-state index contributed by atoms with van der Waals surface area (Å²) in [5.74, 6) is -1.73. The van der Waals surface area contributed by atoms with Gasteiger partial charge in [0.2, 0.25) is 0 Å². The first kappa shape index (κ1) is 18.9. The lowest BCUT2D eigenvalue weighted by molar-refractivity contribution is -0.137. The van der Waals surface area contributed by atoms with Gasteiger partial charge in [0.15, 0.2) is 5.69 Å². The van der Waals surface area contributed by atoms with Gasteiger partial charge in [-0.05, 0) is 38.0 Å². The zero-order valence-electron chi connectivity index (χ0n) is 13.6. The van der Waals surface area contributed by atoms with E-state index in [0.717, 1.165) is 0 Å². The van der Waals surface area contributed by atoms with Crippen molar-refractivity contribution in [1.82, 2.24) is 20.3 Å². The minimum absolute atomic E-state index is 0.0419. The van der Waals surface area contributed by atoms with Crippen molar-refractivity contribution in [1.29, 1.82) is 0 Å². The van der Waals surface area contributed by atoms with E-state index in [1.165, 1.54) is 22.9 Å². The van der Waals surface area contributed by atoms with Gasteiger partial charge in [0.25, 0.3) is 5.91 Å². The van der Waals surface area contributed by atoms with Gasteiger partial charge >= 0.3 is 5.97 Å². The maximum atomic E-state index is 13.2. The van der Waals surface area contributed by atoms with Crippen LogP contribution in [0.25, 0.3) is 5.69 Å². The predicted octanol–water partition coefficient (Wildman–Crippen LogP) is 2.74. The van der Waals surface area contributed by atoms with Crippen molar-refractivity contribution in [3.8, 4) is 5.69 Å². The number of unbranched alkanes of at least 4 members (excludes halogenated alkanes) is 2. The van der Waals surface area contributed by atoms with Crippen molar-refractivity contribution < 1.29 is 19.1 Å². The highest BCUT2D eigenvalue weighted by molar-refractivity contribution is 6.30. The summed E-state index contributed by atoms with van der Waals surface area (Å²) in [7, 11) is 0. The predicted molar refractivity (Wildman–Crippen MR) is 89.5 cm³/mol. The minimum atomic E-state index is -0.822. The lowest BCUT2D eigenvalue weighted by atomic mass is 10.2. The molecular weight excluding hydrogens is 351 g/mol. The van der Waals surface area contributed by atoms with Gasteiger partial charge in [-0.2, -0.15) is 0 Å². The number of carbonyl (C=O) groups excluding carboxylic acids is 1. The number of amides is 1. The lowest BCUT2D eigenvalue weighted by Gasteiger charge is -2.06. The topological polar surface area (TPSA) is 97.1 Å². The van der Waals surface area contributed by atoms with Crippen LogP contribution in [-0.2, 0) is 4.79 Å². The Kier molecular flexibility index (Phi) is 6.46. The molecule has 0 bridgehead atoms. The molecular formula is C16H18ClFN4O3. The quantitative estimate of drug-likeness (QED) is 0.698. The molecule has 0 atom stereocenters. The number of hydrogen-bond acceptors (Lipinski definition) is 4. The van der Waals surface area contributed by atoms with Crippen molar-refractivity contribution in [2.24, 2.45) is 0 Å². The van der Waals surface area contributed by atoms with Crippen molar-refractivity contribution in [3.63, 3.8) is 0 Å². The highest BCUT2D eigenvalue weighted by Crippen LogP contribution is 2.20. The van der Waals surface area contributed by atoms with E-state index in [0.29, 0.717) is 37.2 Å². The van der Waals surface area contributed by atoms with Crippen LogP contribution in [0.4, 0.5) is 4.39 Å². The monoisotopic (exact) mass is 368 g/mol. The largest absolute Gasteiger partial charge is 0.481 e. The Hall–Kier alpha value is -2.48.